The number of furan rings is 1. The number of nitrogens with zero attached hydrogens (tertiary/aromatic N) is 3. The minimum Gasteiger partial charge on any atom is -0.468 e. The molecule has 4 rings (SSSR count). The molecule has 5 nitrogen and oxygen atoms in total. The van der Waals surface area contributed by atoms with E-state index in [0.29, 0.717) is 6.10 Å². The Hall–Kier alpha value is -2.11. The Labute approximate surface area is 141 Å². The number of ether oxygens (including phenoxy) is 1. The van der Waals surface area contributed by atoms with Crippen molar-refractivity contribution in [3.05, 3.63) is 54.2 Å². The average molecular weight is 325 g/mol. The molecule has 1 atom stereocenters. The van der Waals surface area contributed by atoms with Crippen molar-refractivity contribution in [1.29, 1.82) is 0 Å². The fourth-order valence-corrected chi connectivity index (χ4v) is 3.42. The molecule has 0 radical (unpaired) electrons. The summed E-state index contributed by atoms with van der Waals surface area (Å²) in [6, 6.07) is 12.2. The van der Waals surface area contributed by atoms with Crippen molar-refractivity contribution in [2.24, 2.45) is 7.05 Å². The SMILES string of the molecule is Cn1c(CN(Cc2ccco2)C[C@@H]2CCCO2)nc2ccccc21. The lowest BCUT2D eigenvalue weighted by Gasteiger charge is -2.24. The van der Waals surface area contributed by atoms with E-state index in [1.165, 1.54) is 5.52 Å². The molecule has 24 heavy (non-hydrogen) atoms. The maximum Gasteiger partial charge on any atom is 0.123 e. The lowest BCUT2D eigenvalue weighted by molar-refractivity contribution is 0.0643. The molecule has 0 spiro atoms. The highest BCUT2D eigenvalue weighted by Crippen LogP contribution is 2.19. The topological polar surface area (TPSA) is 43.4 Å². The first-order valence-corrected chi connectivity index (χ1v) is 8.56. The third-order valence-corrected chi connectivity index (χ3v) is 4.69. The molecular formula is C19H23N3O2. The fraction of sp³-hybridized carbons (Fsp3) is 0.421. The van der Waals surface area contributed by atoms with Crippen molar-refractivity contribution in [2.75, 3.05) is 13.2 Å². The van der Waals surface area contributed by atoms with E-state index in [2.05, 4.69) is 34.7 Å². The second kappa shape index (κ2) is 6.79. The van der Waals surface area contributed by atoms with Crippen LogP contribution in [0.5, 0.6) is 0 Å². The van der Waals surface area contributed by atoms with Gasteiger partial charge in [-0.1, -0.05) is 12.1 Å². The zero-order chi connectivity index (χ0) is 16.4. The lowest BCUT2D eigenvalue weighted by Crippen LogP contribution is -2.32. The van der Waals surface area contributed by atoms with Crippen molar-refractivity contribution in [3.63, 3.8) is 0 Å². The van der Waals surface area contributed by atoms with Crippen molar-refractivity contribution in [1.82, 2.24) is 14.5 Å². The van der Waals surface area contributed by atoms with Crippen LogP contribution in [0.1, 0.15) is 24.4 Å². The third-order valence-electron chi connectivity index (χ3n) is 4.69. The highest BCUT2D eigenvalue weighted by Gasteiger charge is 2.21. The molecule has 1 fully saturated rings. The molecule has 1 aromatic carbocycles. The van der Waals surface area contributed by atoms with Crippen LogP contribution < -0.4 is 0 Å². The Kier molecular flexibility index (Phi) is 4.36. The Morgan fingerprint density at radius 3 is 2.88 bits per heavy atom. The lowest BCUT2D eigenvalue weighted by atomic mass is 10.2. The molecule has 2 aromatic heterocycles. The van der Waals surface area contributed by atoms with Crippen LogP contribution in [0.3, 0.4) is 0 Å². The van der Waals surface area contributed by atoms with Crippen molar-refractivity contribution in [3.8, 4) is 0 Å². The summed E-state index contributed by atoms with van der Waals surface area (Å²) in [4.78, 5) is 7.18. The van der Waals surface area contributed by atoms with Crippen LogP contribution in [0.4, 0.5) is 0 Å². The van der Waals surface area contributed by atoms with Crippen molar-refractivity contribution >= 4 is 11.0 Å². The first-order chi connectivity index (χ1) is 11.8. The molecule has 0 saturated carbocycles. The predicted octanol–water partition coefficient (Wildman–Crippen LogP) is 3.35. The number of hydrogen-bond donors (Lipinski definition) is 0. The standard InChI is InChI=1S/C19H23N3O2/c1-21-18-9-3-2-8-17(18)20-19(21)14-22(12-15-6-4-10-23-15)13-16-7-5-11-24-16/h2-4,6,8-10,16H,5,7,11-14H2,1H3/t16-/m0/s1. The minimum absolute atomic E-state index is 0.314. The summed E-state index contributed by atoms with van der Waals surface area (Å²) >= 11 is 0. The molecule has 1 saturated heterocycles. The highest BCUT2D eigenvalue weighted by molar-refractivity contribution is 5.75. The summed E-state index contributed by atoms with van der Waals surface area (Å²) in [7, 11) is 2.09. The van der Waals surface area contributed by atoms with Crippen molar-refractivity contribution < 1.29 is 9.15 Å². The molecule has 0 aliphatic carbocycles. The smallest absolute Gasteiger partial charge is 0.123 e. The largest absolute Gasteiger partial charge is 0.468 e. The van der Waals surface area contributed by atoms with Crippen LogP contribution in [-0.2, 0) is 24.9 Å². The third kappa shape index (κ3) is 3.23. The van der Waals surface area contributed by atoms with E-state index in [1.54, 1.807) is 6.26 Å². The van der Waals surface area contributed by atoms with Gasteiger partial charge >= 0.3 is 0 Å². The normalized spacial score (nSPS) is 18.0. The van der Waals surface area contributed by atoms with E-state index < -0.39 is 0 Å². The molecule has 0 N–H and O–H groups in total. The first kappa shape index (κ1) is 15.4. The number of aromatic nitrogens is 2. The van der Waals surface area contributed by atoms with E-state index >= 15 is 0 Å². The van der Waals surface area contributed by atoms with Gasteiger partial charge in [-0.25, -0.2) is 4.98 Å². The van der Waals surface area contributed by atoms with E-state index in [0.717, 1.165) is 56.2 Å². The maximum atomic E-state index is 5.83. The Morgan fingerprint density at radius 1 is 1.21 bits per heavy atom. The molecule has 5 heteroatoms. The fourth-order valence-electron chi connectivity index (χ4n) is 3.42. The van der Waals surface area contributed by atoms with Crippen LogP contribution in [0.15, 0.2) is 47.1 Å². The number of rotatable bonds is 6. The molecule has 1 aliphatic heterocycles. The zero-order valence-electron chi connectivity index (χ0n) is 14.0. The van der Waals surface area contributed by atoms with Crippen LogP contribution in [0.2, 0.25) is 0 Å². The van der Waals surface area contributed by atoms with Gasteiger partial charge in [0.2, 0.25) is 0 Å². The average Bonchev–Trinajstić information content (AvgIpc) is 3.32. The molecule has 126 valence electrons. The molecule has 0 unspecified atom stereocenters. The second-order valence-corrected chi connectivity index (χ2v) is 6.46. The quantitative estimate of drug-likeness (QED) is 0.697. The van der Waals surface area contributed by atoms with Gasteiger partial charge in [0.15, 0.2) is 0 Å². The van der Waals surface area contributed by atoms with Gasteiger partial charge in [0.05, 0.1) is 36.5 Å². The minimum atomic E-state index is 0.314. The van der Waals surface area contributed by atoms with Crippen LogP contribution >= 0.6 is 0 Å². The summed E-state index contributed by atoms with van der Waals surface area (Å²) in [5, 5.41) is 0. The number of para-hydroxylation sites is 2. The highest BCUT2D eigenvalue weighted by atomic mass is 16.5. The molecule has 3 heterocycles. The van der Waals surface area contributed by atoms with Crippen molar-refractivity contribution in [2.45, 2.75) is 32.0 Å². The monoisotopic (exact) mass is 325 g/mol. The summed E-state index contributed by atoms with van der Waals surface area (Å²) in [5.74, 6) is 2.05. The number of aryl methyl sites for hydroxylation is 1. The van der Waals surface area contributed by atoms with E-state index in [-0.39, 0.29) is 0 Å². The summed E-state index contributed by atoms with van der Waals surface area (Å²) in [5.41, 5.74) is 2.22. The summed E-state index contributed by atoms with van der Waals surface area (Å²) in [6.45, 7) is 3.34. The van der Waals surface area contributed by atoms with Gasteiger partial charge < -0.3 is 13.7 Å². The molecule has 0 bridgehead atoms. The van der Waals surface area contributed by atoms with Gasteiger partial charge in [-0.3, -0.25) is 4.90 Å². The predicted molar refractivity (Wildman–Crippen MR) is 92.5 cm³/mol. The van der Waals surface area contributed by atoms with Gasteiger partial charge in [0, 0.05) is 20.2 Å². The summed E-state index contributed by atoms with van der Waals surface area (Å²) < 4.78 is 13.6. The Balaban J connectivity index is 1.55. The number of hydrogen-bond acceptors (Lipinski definition) is 4. The van der Waals surface area contributed by atoms with Gasteiger partial charge in [-0.2, -0.15) is 0 Å². The molecule has 3 aromatic rings. The van der Waals surface area contributed by atoms with E-state index in [1.807, 2.05) is 18.2 Å². The molecule has 1 aliphatic rings. The van der Waals surface area contributed by atoms with Gasteiger partial charge in [-0.05, 0) is 37.1 Å². The zero-order valence-corrected chi connectivity index (χ0v) is 14.0. The number of benzene rings is 1. The van der Waals surface area contributed by atoms with Crippen LogP contribution in [0, 0.1) is 0 Å². The van der Waals surface area contributed by atoms with Gasteiger partial charge in [0.1, 0.15) is 11.6 Å². The first-order valence-electron chi connectivity index (χ1n) is 8.56. The van der Waals surface area contributed by atoms with Crippen LogP contribution in [0.25, 0.3) is 11.0 Å². The maximum absolute atomic E-state index is 5.83. The molecule has 0 amide bonds. The summed E-state index contributed by atoms with van der Waals surface area (Å²) in [6.07, 6.45) is 4.34. The Bertz CT molecular complexity index is 788. The van der Waals surface area contributed by atoms with Gasteiger partial charge in [-0.15, -0.1) is 0 Å². The van der Waals surface area contributed by atoms with E-state index in [9.17, 15) is 0 Å². The van der Waals surface area contributed by atoms with Gasteiger partial charge in [0.25, 0.3) is 0 Å². The Morgan fingerprint density at radius 2 is 2.12 bits per heavy atom. The van der Waals surface area contributed by atoms with E-state index in [4.69, 9.17) is 14.1 Å². The van der Waals surface area contributed by atoms with Crippen LogP contribution in [-0.4, -0.2) is 33.7 Å². The number of fused-ring (bicyclic) bond motifs is 1. The number of imidazole rings is 1. The second-order valence-electron chi connectivity index (χ2n) is 6.46. The molecular weight excluding hydrogens is 302 g/mol.